The van der Waals surface area contributed by atoms with Crippen molar-refractivity contribution < 1.29 is 19.1 Å². The van der Waals surface area contributed by atoms with Crippen LogP contribution in [0.3, 0.4) is 0 Å². The topological polar surface area (TPSA) is 69.6 Å². The fraction of sp³-hybridized carbons (Fsp3) is 0.467. The Hall–Kier alpha value is -2.11. The Bertz CT molecular complexity index is 564. The SMILES string of the molecule is CC(NC(=O)N1CCCC1(C)C(=O)O)c1ccccc1F. The number of nitrogens with zero attached hydrogens (tertiary/aromatic N) is 1. The van der Waals surface area contributed by atoms with Crippen molar-refractivity contribution in [3.8, 4) is 0 Å². The second kappa shape index (κ2) is 5.71. The lowest BCUT2D eigenvalue weighted by atomic mass is 9.99. The maximum Gasteiger partial charge on any atom is 0.329 e. The molecule has 0 saturated carbocycles. The summed E-state index contributed by atoms with van der Waals surface area (Å²) in [5.74, 6) is -1.42. The molecule has 1 aromatic carbocycles. The number of halogens is 1. The molecular formula is C15H19FN2O3. The Balaban J connectivity index is 2.11. The van der Waals surface area contributed by atoms with Gasteiger partial charge in [0.15, 0.2) is 0 Å². The van der Waals surface area contributed by atoms with Gasteiger partial charge in [-0.3, -0.25) is 0 Å². The van der Waals surface area contributed by atoms with Gasteiger partial charge in [0.1, 0.15) is 11.4 Å². The van der Waals surface area contributed by atoms with Crippen molar-refractivity contribution in [2.75, 3.05) is 6.54 Å². The van der Waals surface area contributed by atoms with Crippen LogP contribution in [-0.2, 0) is 4.79 Å². The normalized spacial score (nSPS) is 22.9. The van der Waals surface area contributed by atoms with Crippen molar-refractivity contribution in [2.45, 2.75) is 38.3 Å². The summed E-state index contributed by atoms with van der Waals surface area (Å²) in [6.45, 7) is 3.60. The van der Waals surface area contributed by atoms with E-state index >= 15 is 0 Å². The lowest BCUT2D eigenvalue weighted by Crippen LogP contribution is -2.54. The molecule has 0 aliphatic carbocycles. The maximum absolute atomic E-state index is 13.7. The zero-order valence-corrected chi connectivity index (χ0v) is 12.1. The molecular weight excluding hydrogens is 275 g/mol. The fourth-order valence-electron chi connectivity index (χ4n) is 2.68. The van der Waals surface area contributed by atoms with Gasteiger partial charge >= 0.3 is 12.0 Å². The molecule has 2 atom stereocenters. The molecule has 5 nitrogen and oxygen atoms in total. The van der Waals surface area contributed by atoms with Crippen LogP contribution in [0.15, 0.2) is 24.3 Å². The van der Waals surface area contributed by atoms with E-state index in [1.165, 1.54) is 17.9 Å². The molecule has 21 heavy (non-hydrogen) atoms. The summed E-state index contributed by atoms with van der Waals surface area (Å²) < 4.78 is 13.7. The van der Waals surface area contributed by atoms with Crippen LogP contribution in [-0.4, -0.2) is 34.1 Å². The molecule has 1 fully saturated rings. The highest BCUT2D eigenvalue weighted by Gasteiger charge is 2.46. The number of carboxylic acids is 1. The van der Waals surface area contributed by atoms with E-state index in [0.29, 0.717) is 24.9 Å². The fourth-order valence-corrected chi connectivity index (χ4v) is 2.68. The molecule has 2 unspecified atom stereocenters. The number of likely N-dealkylation sites (tertiary alicyclic amines) is 1. The Morgan fingerprint density at radius 1 is 1.43 bits per heavy atom. The number of carbonyl (C=O) groups is 2. The summed E-state index contributed by atoms with van der Waals surface area (Å²) in [5.41, 5.74) is -0.818. The third-order valence-corrected chi connectivity index (χ3v) is 4.06. The molecule has 114 valence electrons. The van der Waals surface area contributed by atoms with E-state index in [0.717, 1.165) is 0 Å². The summed E-state index contributed by atoms with van der Waals surface area (Å²) in [6.07, 6.45) is 1.06. The second-order valence-electron chi connectivity index (χ2n) is 5.53. The summed E-state index contributed by atoms with van der Waals surface area (Å²) in [5, 5.41) is 12.0. The molecule has 1 heterocycles. The first-order chi connectivity index (χ1) is 9.86. The average Bonchev–Trinajstić information content (AvgIpc) is 2.82. The van der Waals surface area contributed by atoms with Crippen molar-refractivity contribution in [1.82, 2.24) is 10.2 Å². The number of rotatable bonds is 3. The number of hydrogen-bond acceptors (Lipinski definition) is 2. The highest BCUT2D eigenvalue weighted by Crippen LogP contribution is 2.29. The van der Waals surface area contributed by atoms with Crippen LogP contribution >= 0.6 is 0 Å². The maximum atomic E-state index is 13.7. The van der Waals surface area contributed by atoms with Gasteiger partial charge in [-0.2, -0.15) is 0 Å². The Labute approximate surface area is 122 Å². The number of carboxylic acid groups (broad SMARTS) is 1. The van der Waals surface area contributed by atoms with Gasteiger partial charge in [0, 0.05) is 12.1 Å². The van der Waals surface area contributed by atoms with Crippen LogP contribution in [0.1, 0.15) is 38.3 Å². The Morgan fingerprint density at radius 3 is 2.71 bits per heavy atom. The number of hydrogen-bond donors (Lipinski definition) is 2. The van der Waals surface area contributed by atoms with Crippen molar-refractivity contribution in [3.05, 3.63) is 35.6 Å². The largest absolute Gasteiger partial charge is 0.480 e. The van der Waals surface area contributed by atoms with E-state index in [-0.39, 0.29) is 0 Å². The van der Waals surface area contributed by atoms with E-state index in [1.807, 2.05) is 0 Å². The highest BCUT2D eigenvalue weighted by atomic mass is 19.1. The molecule has 2 amide bonds. The van der Waals surface area contributed by atoms with Crippen molar-refractivity contribution in [3.63, 3.8) is 0 Å². The van der Waals surface area contributed by atoms with Crippen LogP contribution in [0, 0.1) is 5.82 Å². The summed E-state index contributed by atoms with van der Waals surface area (Å²) >= 11 is 0. The van der Waals surface area contributed by atoms with E-state index < -0.39 is 29.4 Å². The molecule has 0 bridgehead atoms. The Morgan fingerprint density at radius 2 is 2.10 bits per heavy atom. The van der Waals surface area contributed by atoms with Crippen LogP contribution in [0.5, 0.6) is 0 Å². The van der Waals surface area contributed by atoms with Gasteiger partial charge in [0.2, 0.25) is 0 Å². The van der Waals surface area contributed by atoms with Crippen LogP contribution in [0.4, 0.5) is 9.18 Å². The molecule has 2 N–H and O–H groups in total. The van der Waals surface area contributed by atoms with Gasteiger partial charge < -0.3 is 15.3 Å². The van der Waals surface area contributed by atoms with Crippen LogP contribution < -0.4 is 5.32 Å². The molecule has 1 aliphatic rings. The van der Waals surface area contributed by atoms with Gasteiger partial charge in [-0.25, -0.2) is 14.0 Å². The quantitative estimate of drug-likeness (QED) is 0.900. The van der Waals surface area contributed by atoms with E-state index in [4.69, 9.17) is 0 Å². The van der Waals surface area contributed by atoms with Crippen molar-refractivity contribution in [1.29, 1.82) is 0 Å². The first-order valence-electron chi connectivity index (χ1n) is 6.92. The summed E-state index contributed by atoms with van der Waals surface area (Å²) in [6, 6.07) is 5.19. The van der Waals surface area contributed by atoms with Gasteiger partial charge in [-0.1, -0.05) is 18.2 Å². The van der Waals surface area contributed by atoms with Gasteiger partial charge in [0.05, 0.1) is 6.04 Å². The number of aliphatic carboxylic acids is 1. The third-order valence-electron chi connectivity index (χ3n) is 4.06. The van der Waals surface area contributed by atoms with E-state index in [9.17, 15) is 19.1 Å². The third kappa shape index (κ3) is 2.84. The van der Waals surface area contributed by atoms with Gasteiger partial charge in [0.25, 0.3) is 0 Å². The second-order valence-corrected chi connectivity index (χ2v) is 5.53. The molecule has 1 aromatic rings. The first kappa shape index (κ1) is 15.3. The number of carbonyl (C=O) groups excluding carboxylic acids is 1. The van der Waals surface area contributed by atoms with E-state index in [2.05, 4.69) is 5.32 Å². The first-order valence-corrected chi connectivity index (χ1v) is 6.92. The minimum absolute atomic E-state index is 0.377. The molecule has 6 heteroatoms. The number of amides is 2. The van der Waals surface area contributed by atoms with Crippen LogP contribution in [0.25, 0.3) is 0 Å². The number of benzene rings is 1. The Kier molecular flexibility index (Phi) is 4.16. The monoisotopic (exact) mass is 294 g/mol. The van der Waals surface area contributed by atoms with Crippen molar-refractivity contribution >= 4 is 12.0 Å². The smallest absolute Gasteiger partial charge is 0.329 e. The molecule has 1 saturated heterocycles. The van der Waals surface area contributed by atoms with Crippen LogP contribution in [0.2, 0.25) is 0 Å². The highest BCUT2D eigenvalue weighted by molar-refractivity contribution is 5.86. The standard InChI is InChI=1S/C15H19FN2O3/c1-10(11-6-3-4-7-12(11)16)17-14(21)18-9-5-8-15(18,2)13(19)20/h3-4,6-7,10H,5,8-9H2,1-2H3,(H,17,21)(H,19,20). The van der Waals surface area contributed by atoms with Gasteiger partial charge in [-0.05, 0) is 32.8 Å². The average molecular weight is 294 g/mol. The molecule has 0 radical (unpaired) electrons. The lowest BCUT2D eigenvalue weighted by Gasteiger charge is -2.32. The van der Waals surface area contributed by atoms with Crippen molar-refractivity contribution in [2.24, 2.45) is 0 Å². The molecule has 0 spiro atoms. The predicted molar refractivity (Wildman–Crippen MR) is 75.3 cm³/mol. The predicted octanol–water partition coefficient (Wildman–Crippen LogP) is 2.54. The minimum atomic E-state index is -1.20. The molecule has 2 rings (SSSR count). The zero-order chi connectivity index (χ0) is 15.6. The number of urea groups is 1. The minimum Gasteiger partial charge on any atom is -0.480 e. The van der Waals surface area contributed by atoms with Gasteiger partial charge in [-0.15, -0.1) is 0 Å². The van der Waals surface area contributed by atoms with E-state index in [1.54, 1.807) is 25.1 Å². The summed E-state index contributed by atoms with van der Waals surface area (Å²) in [4.78, 5) is 25.0. The molecule has 0 aromatic heterocycles. The molecule has 1 aliphatic heterocycles. The number of nitrogens with one attached hydrogen (secondary N) is 1. The lowest BCUT2D eigenvalue weighted by molar-refractivity contribution is -0.147. The summed E-state index contributed by atoms with van der Waals surface area (Å²) in [7, 11) is 0. The zero-order valence-electron chi connectivity index (χ0n) is 12.1.